The van der Waals surface area contributed by atoms with Crippen molar-refractivity contribution in [2.45, 2.75) is 154 Å². The molecule has 3 rings (SSSR count). The Morgan fingerprint density at radius 1 is 0.756 bits per heavy atom. The second-order valence-electron chi connectivity index (χ2n) is 19.8. The number of aromatic hydroxyl groups is 1. The molecule has 0 saturated carbocycles. The lowest BCUT2D eigenvalue weighted by molar-refractivity contribution is -0.291. The van der Waals surface area contributed by atoms with Crippen LogP contribution in [0.4, 0.5) is 26.3 Å². The van der Waals surface area contributed by atoms with E-state index in [1.807, 2.05) is 0 Å². The number of nitrogens with zero attached hydrogens (tertiary/aromatic N) is 3. The molecule has 0 spiro atoms. The van der Waals surface area contributed by atoms with Gasteiger partial charge in [-0.1, -0.05) is 46.2 Å². The number of phenolic OH excluding ortho intramolecular Hbond substituents is 1. The van der Waals surface area contributed by atoms with Gasteiger partial charge in [-0.3, -0.25) is 48.1 Å². The zero-order valence-corrected chi connectivity index (χ0v) is 45.9. The standard InChI is InChI=1S/C50H72F6N14O12/c1-7-25(5)37(45(79)66-33(20-28-22-60-23-62-28)46(80)70-18-10-12-34(70)43(77)69-38(47(81)82-8-2)39(49(51,52)53)50(54,55)56)68-42(76)31(19-27-13-15-29(72)16-14-27)65-44(78)36(24(3)4)67-40(74)30(11-9-17-61-48(58)59)64-41(75)32(21-35(57)73)63-26(6)71/h13-16,22-25,30-34,36-39,72H,7-12,17-21H2,1-6H3,(H2,57,73)(H,60,62)(H,63,71)(H,64,75)(H,65,78)(H,66,79)(H,67,74)(H,68,76)(H,69,77)(H4,58,59,61)/t25-,30-,31-,32-,33-,34+,36-,37-,38-/m0/s1. The lowest BCUT2D eigenvalue weighted by Crippen LogP contribution is -2.62. The maximum atomic E-state index is 14.6. The number of ether oxygens (including phenoxy) is 1. The fourth-order valence-electron chi connectivity index (χ4n) is 8.69. The van der Waals surface area contributed by atoms with Crippen molar-refractivity contribution >= 4 is 65.1 Å². The number of carbonyl (C=O) groups excluding carboxylic acids is 10. The number of benzene rings is 1. The molecule has 82 heavy (non-hydrogen) atoms. The molecular formula is C50H72F6N14O12. The number of guanidine groups is 1. The van der Waals surface area contributed by atoms with E-state index < -0.39 is 157 Å². The summed E-state index contributed by atoms with van der Waals surface area (Å²) in [5.74, 6) is -17.5. The number of amides is 9. The molecule has 0 aliphatic carbocycles. The lowest BCUT2D eigenvalue weighted by atomic mass is 9.96. The third kappa shape index (κ3) is 21.0. The normalized spacial score (nSPS) is 16.4. The second kappa shape index (κ2) is 31.1. The molecule has 2 aromatic rings. The van der Waals surface area contributed by atoms with Crippen molar-refractivity contribution in [3.63, 3.8) is 0 Å². The zero-order chi connectivity index (χ0) is 61.8. The zero-order valence-electron chi connectivity index (χ0n) is 45.9. The van der Waals surface area contributed by atoms with E-state index in [1.54, 1.807) is 27.7 Å². The molecule has 26 nitrogen and oxygen atoms in total. The van der Waals surface area contributed by atoms with Crippen LogP contribution in [-0.4, -0.2) is 165 Å². The van der Waals surface area contributed by atoms with Crippen molar-refractivity contribution < 1.29 is 84.1 Å². The van der Waals surface area contributed by atoms with Crippen LogP contribution in [-0.2, 0) is 65.5 Å². The number of primary amides is 1. The number of nitrogens with two attached hydrogens (primary N) is 3. The van der Waals surface area contributed by atoms with Crippen molar-refractivity contribution in [1.29, 1.82) is 0 Å². The highest BCUT2D eigenvalue weighted by molar-refractivity contribution is 5.99. The molecule has 0 bridgehead atoms. The van der Waals surface area contributed by atoms with Crippen LogP contribution in [0.3, 0.4) is 0 Å². The maximum Gasteiger partial charge on any atom is 0.403 e. The van der Waals surface area contributed by atoms with E-state index in [0.29, 0.717) is 5.56 Å². The van der Waals surface area contributed by atoms with Gasteiger partial charge in [-0.05, 0) is 62.1 Å². The van der Waals surface area contributed by atoms with E-state index in [2.05, 4.69) is 51.6 Å². The summed E-state index contributed by atoms with van der Waals surface area (Å²) in [6, 6.07) is -8.75. The lowest BCUT2D eigenvalue weighted by Gasteiger charge is -2.33. The van der Waals surface area contributed by atoms with Crippen LogP contribution in [0.1, 0.15) is 91.3 Å². The summed E-state index contributed by atoms with van der Waals surface area (Å²) < 4.78 is 88.1. The molecule has 0 radical (unpaired) electrons. The topological polar surface area (TPSA) is 407 Å². The number of alkyl halides is 6. The molecule has 1 fully saturated rings. The number of carbonyl (C=O) groups is 10. The van der Waals surface area contributed by atoms with Crippen LogP contribution in [0.25, 0.3) is 0 Å². The molecule has 32 heteroatoms. The van der Waals surface area contributed by atoms with Gasteiger partial charge in [0.2, 0.25) is 53.2 Å². The van der Waals surface area contributed by atoms with Crippen LogP contribution >= 0.6 is 0 Å². The fourth-order valence-corrected chi connectivity index (χ4v) is 8.69. The molecule has 9 amide bonds. The molecule has 456 valence electrons. The average Bonchev–Trinajstić information content (AvgIpc) is 4.18. The van der Waals surface area contributed by atoms with Crippen LogP contribution in [0.2, 0.25) is 0 Å². The summed E-state index contributed by atoms with van der Waals surface area (Å²) in [5, 5.41) is 26.6. The Balaban J connectivity index is 2.00. The Labute approximate surface area is 467 Å². The van der Waals surface area contributed by atoms with Crippen LogP contribution < -0.4 is 54.4 Å². The minimum atomic E-state index is -6.09. The number of imidazole rings is 1. The van der Waals surface area contributed by atoms with Crippen molar-refractivity contribution in [3.05, 3.63) is 48.0 Å². The first-order valence-electron chi connectivity index (χ1n) is 26.1. The van der Waals surface area contributed by atoms with Gasteiger partial charge >= 0.3 is 18.3 Å². The van der Waals surface area contributed by atoms with Gasteiger partial charge in [-0.15, -0.1) is 0 Å². The van der Waals surface area contributed by atoms with E-state index in [1.165, 1.54) is 42.1 Å². The largest absolute Gasteiger partial charge is 0.508 e. The first-order valence-corrected chi connectivity index (χ1v) is 26.1. The molecule has 1 saturated heterocycles. The Hall–Kier alpha value is -8.22. The first-order chi connectivity index (χ1) is 38.3. The quantitative estimate of drug-likeness (QED) is 0.0150. The third-order valence-electron chi connectivity index (χ3n) is 13.0. The third-order valence-corrected chi connectivity index (χ3v) is 13.0. The monoisotopic (exact) mass is 1170 g/mol. The highest BCUT2D eigenvalue weighted by Crippen LogP contribution is 2.42. The van der Waals surface area contributed by atoms with Crippen molar-refractivity contribution in [2.24, 2.45) is 39.9 Å². The predicted octanol–water partition coefficient (Wildman–Crippen LogP) is -0.760. The minimum Gasteiger partial charge on any atom is -0.508 e. The van der Waals surface area contributed by atoms with Crippen molar-refractivity contribution in [1.82, 2.24) is 52.1 Å². The van der Waals surface area contributed by atoms with Gasteiger partial charge in [0.05, 0.1) is 19.4 Å². The van der Waals surface area contributed by atoms with Gasteiger partial charge in [-0.25, -0.2) is 9.78 Å². The highest BCUT2D eigenvalue weighted by atomic mass is 19.4. The Bertz CT molecular complexity index is 2540. The number of H-pyrrole nitrogens is 1. The number of halogens is 6. The number of nitrogens with one attached hydrogen (secondary N) is 8. The molecule has 9 atom stereocenters. The molecule has 2 heterocycles. The first kappa shape index (κ1) is 68.1. The summed E-state index contributed by atoms with van der Waals surface area (Å²) >= 11 is 0. The summed E-state index contributed by atoms with van der Waals surface area (Å²) in [5.41, 5.74) is 16.8. The Morgan fingerprint density at radius 2 is 1.33 bits per heavy atom. The Kier molecular flexibility index (Phi) is 25.8. The molecule has 1 aromatic carbocycles. The average molecular weight is 1180 g/mol. The molecule has 0 unspecified atom stereocenters. The maximum absolute atomic E-state index is 14.6. The number of aromatic amines is 1. The molecule has 1 aliphatic rings. The molecule has 1 aliphatic heterocycles. The van der Waals surface area contributed by atoms with E-state index in [0.717, 1.165) is 18.7 Å². The van der Waals surface area contributed by atoms with E-state index in [-0.39, 0.29) is 69.0 Å². The van der Waals surface area contributed by atoms with E-state index in [4.69, 9.17) is 17.2 Å². The van der Waals surface area contributed by atoms with Crippen molar-refractivity contribution in [2.75, 3.05) is 19.7 Å². The minimum absolute atomic E-state index is 0.00175. The molecule has 15 N–H and O–H groups in total. The van der Waals surface area contributed by atoms with Crippen molar-refractivity contribution in [3.8, 4) is 5.75 Å². The van der Waals surface area contributed by atoms with Gasteiger partial charge < -0.3 is 74.1 Å². The summed E-state index contributed by atoms with van der Waals surface area (Å²) in [4.78, 5) is 147. The van der Waals surface area contributed by atoms with E-state index in [9.17, 15) is 79.4 Å². The Morgan fingerprint density at radius 3 is 1.87 bits per heavy atom. The van der Waals surface area contributed by atoms with Gasteiger partial charge in [0.1, 0.15) is 54.1 Å². The fraction of sp³-hybridized carbons (Fsp3) is 0.600. The number of hydrogen-bond acceptors (Lipinski definition) is 14. The van der Waals surface area contributed by atoms with Crippen LogP contribution in [0.5, 0.6) is 5.75 Å². The van der Waals surface area contributed by atoms with E-state index >= 15 is 0 Å². The highest BCUT2D eigenvalue weighted by Gasteiger charge is 2.63. The summed E-state index contributed by atoms with van der Waals surface area (Å²) in [6.07, 6.45) is -11.2. The number of rotatable bonds is 30. The smallest absolute Gasteiger partial charge is 0.403 e. The SMILES string of the molecule is CCOC(=O)[C@@H](NC(=O)[C@H]1CCCN1C(=O)[C@H](Cc1cnc[nH]1)NC(=O)[C@@H](NC(=O)[C@H](Cc1ccc(O)cc1)NC(=O)[C@@H](NC(=O)[C@H](CCCN=C(N)N)NC(=O)[C@H](CC(N)=O)NC(C)=O)C(C)C)[C@@H](C)CC)C(C(F)(F)F)C(F)(F)F. The number of phenols is 1. The van der Waals surface area contributed by atoms with Gasteiger partial charge in [0.25, 0.3) is 0 Å². The number of likely N-dealkylation sites (tertiary alicyclic amines) is 1. The number of aliphatic imine (C=N–C) groups is 1. The number of aromatic nitrogens is 2. The summed E-state index contributed by atoms with van der Waals surface area (Å²) in [7, 11) is 0. The summed E-state index contributed by atoms with van der Waals surface area (Å²) in [6.45, 7) is 7.56. The van der Waals surface area contributed by atoms with Crippen LogP contribution in [0.15, 0.2) is 41.8 Å². The predicted molar refractivity (Wildman–Crippen MR) is 278 cm³/mol. The van der Waals surface area contributed by atoms with Crippen LogP contribution in [0, 0.1) is 17.8 Å². The van der Waals surface area contributed by atoms with Gasteiger partial charge in [0, 0.05) is 44.7 Å². The molecular weight excluding hydrogens is 1100 g/mol. The van der Waals surface area contributed by atoms with Gasteiger partial charge in [-0.2, -0.15) is 26.3 Å². The number of esters is 1. The molecule has 1 aromatic heterocycles. The van der Waals surface area contributed by atoms with Gasteiger partial charge in [0.15, 0.2) is 11.9 Å². The number of hydrogen-bond donors (Lipinski definition) is 12. The second-order valence-corrected chi connectivity index (χ2v) is 19.8.